The average molecular weight is 252 g/mol. The van der Waals surface area contributed by atoms with Crippen molar-refractivity contribution in [3.8, 4) is 0 Å². The molecule has 5 N–H and O–H groups in total. The first-order valence-corrected chi connectivity index (χ1v) is 4.98. The topological polar surface area (TPSA) is 123 Å². The van der Waals surface area contributed by atoms with Gasteiger partial charge in [-0.25, -0.2) is 0 Å². The van der Waals surface area contributed by atoms with E-state index < -0.39 is 34.2 Å². The quantitative estimate of drug-likeness (QED) is 0.375. The molecule has 0 fully saturated rings. The number of nitrogens with two attached hydrogens (primary N) is 2. The highest BCUT2D eigenvalue weighted by Crippen LogP contribution is 2.19. The molecule has 2 amide bonds. The van der Waals surface area contributed by atoms with Gasteiger partial charge in [0.05, 0.1) is 16.4 Å². The van der Waals surface area contributed by atoms with E-state index in [1.54, 1.807) is 0 Å². The Hall–Kier alpha value is -0.890. The first-order valence-electron chi connectivity index (χ1n) is 3.95. The van der Waals surface area contributed by atoms with Crippen LogP contribution in [0.1, 0.15) is 6.42 Å². The lowest BCUT2D eigenvalue weighted by molar-refractivity contribution is -0.143. The first kappa shape index (κ1) is 14.1. The van der Waals surface area contributed by atoms with Gasteiger partial charge in [-0.3, -0.25) is 14.4 Å². The van der Waals surface area contributed by atoms with Crippen molar-refractivity contribution in [3.63, 3.8) is 0 Å². The number of primary amides is 2. The van der Waals surface area contributed by atoms with E-state index in [9.17, 15) is 14.4 Å². The minimum Gasteiger partial charge on any atom is -0.481 e. The second-order valence-electron chi connectivity index (χ2n) is 2.95. The van der Waals surface area contributed by atoms with Crippen LogP contribution < -0.4 is 11.5 Å². The van der Waals surface area contributed by atoms with E-state index >= 15 is 0 Å². The number of hydrogen-bond acceptors (Lipinski definition) is 5. The fraction of sp³-hybridized carbons (Fsp3) is 0.571. The Morgan fingerprint density at radius 3 is 1.87 bits per heavy atom. The van der Waals surface area contributed by atoms with Crippen molar-refractivity contribution in [2.45, 2.75) is 16.9 Å². The summed E-state index contributed by atoms with van der Waals surface area (Å²) < 4.78 is 0. The van der Waals surface area contributed by atoms with Gasteiger partial charge in [0.25, 0.3) is 0 Å². The molecule has 0 aliphatic heterocycles. The lowest BCUT2D eigenvalue weighted by atomic mass is 9.98. The lowest BCUT2D eigenvalue weighted by Crippen LogP contribution is -2.39. The number of aliphatic carboxylic acids is 1. The number of hydrogen-bond donors (Lipinski definition) is 5. The Kier molecular flexibility index (Phi) is 5.51. The van der Waals surface area contributed by atoms with Crippen molar-refractivity contribution in [2.75, 3.05) is 0 Å². The van der Waals surface area contributed by atoms with Gasteiger partial charge in [0.2, 0.25) is 11.8 Å². The van der Waals surface area contributed by atoms with Gasteiger partial charge < -0.3 is 16.6 Å². The lowest BCUT2D eigenvalue weighted by Gasteiger charge is -2.18. The van der Waals surface area contributed by atoms with Crippen molar-refractivity contribution in [2.24, 2.45) is 17.4 Å². The molecule has 86 valence electrons. The van der Waals surface area contributed by atoms with Crippen molar-refractivity contribution in [1.29, 1.82) is 0 Å². The number of carbonyl (C=O) groups is 3. The van der Waals surface area contributed by atoms with Crippen LogP contribution in [-0.2, 0) is 14.4 Å². The average Bonchev–Trinajstić information content (AvgIpc) is 2.11. The van der Waals surface area contributed by atoms with Crippen LogP contribution in [-0.4, -0.2) is 33.4 Å². The zero-order valence-corrected chi connectivity index (χ0v) is 9.45. The molecule has 0 heterocycles. The number of thiol groups is 2. The van der Waals surface area contributed by atoms with E-state index in [0.29, 0.717) is 0 Å². The normalized spacial score (nSPS) is 16.4. The molecule has 0 aromatic carbocycles. The summed E-state index contributed by atoms with van der Waals surface area (Å²) in [4.78, 5) is 32.2. The van der Waals surface area contributed by atoms with Gasteiger partial charge in [-0.1, -0.05) is 0 Å². The molecule has 0 aliphatic carbocycles. The van der Waals surface area contributed by atoms with E-state index in [1.807, 2.05) is 0 Å². The van der Waals surface area contributed by atoms with Crippen LogP contribution in [0, 0.1) is 5.92 Å². The van der Waals surface area contributed by atoms with Gasteiger partial charge in [0, 0.05) is 0 Å². The minimum atomic E-state index is -1.27. The zero-order valence-electron chi connectivity index (χ0n) is 7.66. The van der Waals surface area contributed by atoms with E-state index in [0.717, 1.165) is 0 Å². The molecule has 6 nitrogen and oxygen atoms in total. The summed E-state index contributed by atoms with van der Waals surface area (Å²) in [6.07, 6.45) is -0.190. The maximum absolute atomic E-state index is 10.8. The summed E-state index contributed by atoms with van der Waals surface area (Å²) in [5, 5.41) is 6.67. The molecule has 3 atom stereocenters. The van der Waals surface area contributed by atoms with Crippen LogP contribution in [0.25, 0.3) is 0 Å². The van der Waals surface area contributed by atoms with Crippen LogP contribution in [0.2, 0.25) is 0 Å². The van der Waals surface area contributed by atoms with Gasteiger partial charge in [-0.05, 0) is 6.42 Å². The van der Waals surface area contributed by atoms with Crippen LogP contribution >= 0.6 is 25.3 Å². The molecule has 0 rings (SSSR count). The van der Waals surface area contributed by atoms with E-state index in [2.05, 4.69) is 25.3 Å². The summed E-state index contributed by atoms with van der Waals surface area (Å²) >= 11 is 7.56. The first-order chi connectivity index (χ1) is 6.77. The van der Waals surface area contributed by atoms with Gasteiger partial charge in [0.1, 0.15) is 0 Å². The van der Waals surface area contributed by atoms with Crippen LogP contribution in [0.5, 0.6) is 0 Å². The van der Waals surface area contributed by atoms with Crippen LogP contribution in [0.15, 0.2) is 0 Å². The number of carbonyl (C=O) groups excluding carboxylic acids is 2. The van der Waals surface area contributed by atoms with Crippen LogP contribution in [0.3, 0.4) is 0 Å². The van der Waals surface area contributed by atoms with Gasteiger partial charge >= 0.3 is 5.97 Å². The Morgan fingerprint density at radius 1 is 1.13 bits per heavy atom. The maximum Gasteiger partial charge on any atom is 0.308 e. The molecule has 0 aromatic heterocycles. The molecule has 0 bridgehead atoms. The number of carboxylic acids is 1. The predicted molar refractivity (Wildman–Crippen MR) is 59.7 cm³/mol. The molecule has 0 radical (unpaired) electrons. The third-order valence-corrected chi connectivity index (χ3v) is 2.88. The Balaban J connectivity index is 4.62. The molecule has 0 aromatic rings. The summed E-state index contributed by atoms with van der Waals surface area (Å²) in [6.45, 7) is 0. The van der Waals surface area contributed by atoms with Crippen molar-refractivity contribution in [1.82, 2.24) is 0 Å². The number of amides is 2. The van der Waals surface area contributed by atoms with Gasteiger partial charge in [-0.15, -0.1) is 0 Å². The second kappa shape index (κ2) is 5.86. The SMILES string of the molecule is NC(=O)C(S)CC(C(=O)O)C(S)C(N)=O. The molecule has 15 heavy (non-hydrogen) atoms. The van der Waals surface area contributed by atoms with E-state index in [4.69, 9.17) is 16.6 Å². The smallest absolute Gasteiger partial charge is 0.308 e. The summed E-state index contributed by atoms with van der Waals surface area (Å²) in [6, 6.07) is 0. The number of rotatable bonds is 6. The molecule has 0 saturated heterocycles. The van der Waals surface area contributed by atoms with E-state index in [1.165, 1.54) is 0 Å². The molecule has 0 aliphatic rings. The van der Waals surface area contributed by atoms with Crippen molar-refractivity contribution < 1.29 is 19.5 Å². The zero-order chi connectivity index (χ0) is 12.2. The highest BCUT2D eigenvalue weighted by atomic mass is 32.1. The maximum atomic E-state index is 10.8. The third kappa shape index (κ3) is 4.43. The molecular weight excluding hydrogens is 240 g/mol. The third-order valence-electron chi connectivity index (χ3n) is 1.80. The summed E-state index contributed by atoms with van der Waals surface area (Å²) in [5.74, 6) is -4.07. The Labute approximate surface area is 97.2 Å². The van der Waals surface area contributed by atoms with E-state index in [-0.39, 0.29) is 6.42 Å². The minimum absolute atomic E-state index is 0.190. The fourth-order valence-corrected chi connectivity index (χ4v) is 1.40. The Morgan fingerprint density at radius 2 is 1.60 bits per heavy atom. The highest BCUT2D eigenvalue weighted by molar-refractivity contribution is 7.82. The molecule has 0 saturated carbocycles. The monoisotopic (exact) mass is 252 g/mol. The fourth-order valence-electron chi connectivity index (χ4n) is 0.920. The standard InChI is InChI=1S/C7H12N2O4S2/c8-5(10)3(14)1-2(7(12)13)4(15)6(9)11/h2-4,14-15H,1H2,(H2,8,10)(H2,9,11)(H,12,13). The molecule has 0 spiro atoms. The number of carboxylic acid groups (broad SMARTS) is 1. The summed E-state index contributed by atoms with van der Waals surface area (Å²) in [5.41, 5.74) is 9.82. The van der Waals surface area contributed by atoms with Gasteiger partial charge in [0.15, 0.2) is 0 Å². The second-order valence-corrected chi connectivity index (χ2v) is 4.13. The van der Waals surface area contributed by atoms with Crippen LogP contribution in [0.4, 0.5) is 0 Å². The molecular formula is C7H12N2O4S2. The molecule has 3 unspecified atom stereocenters. The predicted octanol–water partition coefficient (Wildman–Crippen LogP) is -1.36. The van der Waals surface area contributed by atoms with Gasteiger partial charge in [-0.2, -0.15) is 25.3 Å². The van der Waals surface area contributed by atoms with Crippen molar-refractivity contribution in [3.05, 3.63) is 0 Å². The highest BCUT2D eigenvalue weighted by Gasteiger charge is 2.32. The molecule has 8 heteroatoms. The Bertz CT molecular complexity index is 284. The van der Waals surface area contributed by atoms with Crippen molar-refractivity contribution >= 4 is 43.0 Å². The largest absolute Gasteiger partial charge is 0.481 e. The summed E-state index contributed by atoms with van der Waals surface area (Å²) in [7, 11) is 0.